The summed E-state index contributed by atoms with van der Waals surface area (Å²) in [5, 5.41) is 16.2. The molecule has 4 nitrogen and oxygen atoms in total. The summed E-state index contributed by atoms with van der Waals surface area (Å²) < 4.78 is 4.80. The van der Waals surface area contributed by atoms with Crippen molar-refractivity contribution in [1.82, 2.24) is 10.2 Å². The van der Waals surface area contributed by atoms with Gasteiger partial charge < -0.3 is 9.84 Å². The molecule has 0 aliphatic rings. The number of benzene rings is 1. The number of hydrogen-bond donors (Lipinski definition) is 2. The van der Waals surface area contributed by atoms with Crippen molar-refractivity contribution in [2.45, 2.75) is 6.29 Å². The number of hydrogen-bond acceptors (Lipinski definition) is 3. The molecular formula is C11H12N2O2. The molecule has 0 amide bonds. The van der Waals surface area contributed by atoms with E-state index in [0.29, 0.717) is 0 Å². The Bertz CT molecular complexity index is 409. The lowest BCUT2D eigenvalue weighted by atomic mass is 10.1. The number of aromatic amines is 1. The largest absolute Gasteiger partial charge is 0.364 e. The molecule has 2 aromatic rings. The average molecular weight is 204 g/mol. The second kappa shape index (κ2) is 4.25. The van der Waals surface area contributed by atoms with Gasteiger partial charge in [-0.15, -0.1) is 0 Å². The molecule has 0 aliphatic heterocycles. The van der Waals surface area contributed by atoms with E-state index in [1.54, 1.807) is 6.20 Å². The lowest BCUT2D eigenvalue weighted by Crippen LogP contribution is -1.98. The third kappa shape index (κ3) is 2.06. The van der Waals surface area contributed by atoms with Gasteiger partial charge in [0, 0.05) is 24.4 Å². The highest BCUT2D eigenvalue weighted by molar-refractivity contribution is 5.58. The summed E-state index contributed by atoms with van der Waals surface area (Å²) in [4.78, 5) is 0. The van der Waals surface area contributed by atoms with Crippen LogP contribution in [-0.2, 0) is 4.74 Å². The fourth-order valence-corrected chi connectivity index (χ4v) is 1.38. The van der Waals surface area contributed by atoms with E-state index in [-0.39, 0.29) is 0 Å². The molecule has 2 rings (SSSR count). The summed E-state index contributed by atoms with van der Waals surface area (Å²) in [7, 11) is 1.46. The van der Waals surface area contributed by atoms with E-state index in [1.165, 1.54) is 7.11 Å². The molecule has 1 unspecified atom stereocenters. The maximum Gasteiger partial charge on any atom is 0.180 e. The molecule has 78 valence electrons. The van der Waals surface area contributed by atoms with Gasteiger partial charge in [0.15, 0.2) is 6.29 Å². The molecule has 0 saturated carbocycles. The van der Waals surface area contributed by atoms with Gasteiger partial charge in [-0.1, -0.05) is 24.3 Å². The van der Waals surface area contributed by atoms with Crippen molar-refractivity contribution in [3.05, 3.63) is 42.1 Å². The first-order valence-corrected chi connectivity index (χ1v) is 4.62. The van der Waals surface area contributed by atoms with Gasteiger partial charge >= 0.3 is 0 Å². The van der Waals surface area contributed by atoms with Crippen LogP contribution in [0.25, 0.3) is 11.3 Å². The Morgan fingerprint density at radius 2 is 2.00 bits per heavy atom. The van der Waals surface area contributed by atoms with Gasteiger partial charge in [-0.25, -0.2) is 0 Å². The van der Waals surface area contributed by atoms with Crippen LogP contribution in [0.15, 0.2) is 36.5 Å². The minimum Gasteiger partial charge on any atom is -0.364 e. The number of nitrogens with zero attached hydrogens (tertiary/aromatic N) is 1. The Labute approximate surface area is 87.5 Å². The first-order valence-electron chi connectivity index (χ1n) is 4.62. The first kappa shape index (κ1) is 9.89. The molecule has 0 radical (unpaired) electrons. The predicted octanol–water partition coefficient (Wildman–Crippen LogP) is 1.71. The second-order valence-corrected chi connectivity index (χ2v) is 3.17. The van der Waals surface area contributed by atoms with Gasteiger partial charge in [0.1, 0.15) is 0 Å². The fourth-order valence-electron chi connectivity index (χ4n) is 1.38. The van der Waals surface area contributed by atoms with Crippen LogP contribution < -0.4 is 0 Å². The molecule has 2 N–H and O–H groups in total. The molecule has 0 saturated heterocycles. The molecule has 1 aromatic heterocycles. The van der Waals surface area contributed by atoms with Crippen LogP contribution in [0, 0.1) is 0 Å². The van der Waals surface area contributed by atoms with Crippen LogP contribution in [0.2, 0.25) is 0 Å². The van der Waals surface area contributed by atoms with E-state index < -0.39 is 6.29 Å². The normalized spacial score (nSPS) is 12.7. The van der Waals surface area contributed by atoms with Gasteiger partial charge in [0.05, 0.1) is 5.69 Å². The second-order valence-electron chi connectivity index (χ2n) is 3.17. The minimum atomic E-state index is -0.863. The van der Waals surface area contributed by atoms with Crippen molar-refractivity contribution < 1.29 is 9.84 Å². The lowest BCUT2D eigenvalue weighted by molar-refractivity contribution is -0.0769. The third-order valence-electron chi connectivity index (χ3n) is 2.22. The van der Waals surface area contributed by atoms with E-state index in [2.05, 4.69) is 10.2 Å². The molecular weight excluding hydrogens is 192 g/mol. The summed E-state index contributed by atoms with van der Waals surface area (Å²) in [5.74, 6) is 0. The number of aliphatic hydroxyl groups excluding tert-OH is 1. The van der Waals surface area contributed by atoms with Crippen molar-refractivity contribution in [2.75, 3.05) is 7.11 Å². The summed E-state index contributed by atoms with van der Waals surface area (Å²) >= 11 is 0. The molecule has 15 heavy (non-hydrogen) atoms. The molecule has 0 bridgehead atoms. The molecule has 1 atom stereocenters. The van der Waals surface area contributed by atoms with Crippen LogP contribution in [0.1, 0.15) is 11.9 Å². The van der Waals surface area contributed by atoms with Crippen molar-refractivity contribution in [3.63, 3.8) is 0 Å². The van der Waals surface area contributed by atoms with Crippen molar-refractivity contribution in [1.29, 1.82) is 0 Å². The number of methoxy groups -OCH3 is 1. The summed E-state index contributed by atoms with van der Waals surface area (Å²) in [6.45, 7) is 0. The van der Waals surface area contributed by atoms with Crippen molar-refractivity contribution in [2.24, 2.45) is 0 Å². The van der Waals surface area contributed by atoms with E-state index in [9.17, 15) is 5.11 Å². The van der Waals surface area contributed by atoms with Crippen LogP contribution in [0.5, 0.6) is 0 Å². The van der Waals surface area contributed by atoms with Gasteiger partial charge in [-0.2, -0.15) is 5.10 Å². The fraction of sp³-hybridized carbons (Fsp3) is 0.182. The Hall–Kier alpha value is -1.65. The number of rotatable bonds is 3. The quantitative estimate of drug-likeness (QED) is 0.748. The number of nitrogens with one attached hydrogen (secondary N) is 1. The maximum absolute atomic E-state index is 9.41. The number of aromatic nitrogens is 2. The molecule has 0 aliphatic carbocycles. The van der Waals surface area contributed by atoms with E-state index in [0.717, 1.165) is 16.8 Å². The van der Waals surface area contributed by atoms with Gasteiger partial charge in [0.25, 0.3) is 0 Å². The zero-order valence-corrected chi connectivity index (χ0v) is 8.34. The van der Waals surface area contributed by atoms with Gasteiger partial charge in [-0.3, -0.25) is 5.10 Å². The highest BCUT2D eigenvalue weighted by atomic mass is 16.6. The standard InChI is InChI=1S/C11H12N2O2/c1-15-11(14)9-4-2-8(3-5-9)10-6-7-12-13-10/h2-7,11,14H,1H3,(H,12,13). The molecule has 0 spiro atoms. The zero-order valence-electron chi connectivity index (χ0n) is 8.34. The summed E-state index contributed by atoms with van der Waals surface area (Å²) in [5.41, 5.74) is 2.62. The van der Waals surface area contributed by atoms with Crippen LogP contribution in [0.3, 0.4) is 0 Å². The smallest absolute Gasteiger partial charge is 0.180 e. The lowest BCUT2D eigenvalue weighted by Gasteiger charge is -2.08. The van der Waals surface area contributed by atoms with Gasteiger partial charge in [-0.05, 0) is 6.07 Å². The molecule has 4 heteroatoms. The summed E-state index contributed by atoms with van der Waals surface area (Å²) in [6, 6.07) is 9.32. The van der Waals surface area contributed by atoms with Gasteiger partial charge in [0.2, 0.25) is 0 Å². The minimum absolute atomic E-state index is 0.733. The third-order valence-corrected chi connectivity index (χ3v) is 2.22. The SMILES string of the molecule is COC(O)c1ccc(-c2cc[nH]n2)cc1. The van der Waals surface area contributed by atoms with E-state index in [4.69, 9.17) is 4.74 Å². The Morgan fingerprint density at radius 1 is 1.27 bits per heavy atom. The Kier molecular flexibility index (Phi) is 2.80. The van der Waals surface area contributed by atoms with Crippen LogP contribution >= 0.6 is 0 Å². The van der Waals surface area contributed by atoms with E-state index in [1.807, 2.05) is 30.3 Å². The maximum atomic E-state index is 9.41. The average Bonchev–Trinajstić information content (AvgIpc) is 2.82. The van der Waals surface area contributed by atoms with Crippen LogP contribution in [-0.4, -0.2) is 22.4 Å². The highest BCUT2D eigenvalue weighted by Crippen LogP contribution is 2.20. The predicted molar refractivity (Wildman–Crippen MR) is 56.0 cm³/mol. The highest BCUT2D eigenvalue weighted by Gasteiger charge is 2.05. The zero-order chi connectivity index (χ0) is 10.7. The van der Waals surface area contributed by atoms with Crippen molar-refractivity contribution >= 4 is 0 Å². The topological polar surface area (TPSA) is 58.1 Å². The summed E-state index contributed by atoms with van der Waals surface area (Å²) in [6.07, 6.45) is 0.908. The molecule has 1 heterocycles. The van der Waals surface area contributed by atoms with Crippen LogP contribution in [0.4, 0.5) is 0 Å². The Morgan fingerprint density at radius 3 is 2.53 bits per heavy atom. The number of ether oxygens (including phenoxy) is 1. The van der Waals surface area contributed by atoms with E-state index >= 15 is 0 Å². The number of aliphatic hydroxyl groups is 1. The molecule has 1 aromatic carbocycles. The molecule has 0 fully saturated rings. The first-order chi connectivity index (χ1) is 7.31. The monoisotopic (exact) mass is 204 g/mol. The Balaban J connectivity index is 2.25. The van der Waals surface area contributed by atoms with Crippen molar-refractivity contribution in [3.8, 4) is 11.3 Å². The number of H-pyrrole nitrogens is 1.